The van der Waals surface area contributed by atoms with E-state index in [2.05, 4.69) is 14.9 Å². The number of halogens is 1. The monoisotopic (exact) mass is 294 g/mol. The normalized spacial score (nSPS) is 21.4. The zero-order chi connectivity index (χ0) is 13.9. The molecule has 2 heterocycles. The zero-order valence-electron chi connectivity index (χ0n) is 11.5. The second kappa shape index (κ2) is 6.06. The van der Waals surface area contributed by atoms with Gasteiger partial charge in [-0.1, -0.05) is 24.4 Å². The predicted molar refractivity (Wildman–Crippen MR) is 76.8 cm³/mol. The Balaban J connectivity index is 1.58. The second-order valence-electron chi connectivity index (χ2n) is 5.49. The molecule has 0 spiro atoms. The van der Waals surface area contributed by atoms with Gasteiger partial charge in [0.25, 0.3) is 5.91 Å². The van der Waals surface area contributed by atoms with Crippen molar-refractivity contribution >= 4 is 17.5 Å². The van der Waals surface area contributed by atoms with Crippen LogP contribution in [0.1, 0.15) is 36.2 Å². The van der Waals surface area contributed by atoms with Gasteiger partial charge in [-0.2, -0.15) is 0 Å². The van der Waals surface area contributed by atoms with E-state index < -0.39 is 0 Å². The molecule has 0 radical (unpaired) electrons. The molecular weight excluding hydrogens is 276 g/mol. The lowest BCUT2D eigenvalue weighted by atomic mass is 10.2. The van der Waals surface area contributed by atoms with Gasteiger partial charge in [-0.3, -0.25) is 14.7 Å². The maximum absolute atomic E-state index is 12.3. The highest BCUT2D eigenvalue weighted by Crippen LogP contribution is 2.24. The summed E-state index contributed by atoms with van der Waals surface area (Å²) in [5.41, 5.74) is 0.340. The molecule has 5 nitrogen and oxygen atoms in total. The maximum atomic E-state index is 12.3. The summed E-state index contributed by atoms with van der Waals surface area (Å²) in [6.07, 6.45) is 8.25. The SMILES string of the molecule is O=C(c1cncc(Cl)n1)N1CCN(C2CCCC2)CC1. The number of nitrogens with zero attached hydrogens (tertiary/aromatic N) is 4. The Labute approximate surface area is 123 Å². The van der Waals surface area contributed by atoms with E-state index in [0.717, 1.165) is 32.2 Å². The fraction of sp³-hybridized carbons (Fsp3) is 0.643. The van der Waals surface area contributed by atoms with Crippen LogP contribution in [0.25, 0.3) is 0 Å². The van der Waals surface area contributed by atoms with Crippen molar-refractivity contribution in [1.29, 1.82) is 0 Å². The molecular formula is C14H19ClN4O. The molecule has 1 aliphatic carbocycles. The number of piperazine rings is 1. The first-order valence-corrected chi connectivity index (χ1v) is 7.63. The lowest BCUT2D eigenvalue weighted by Gasteiger charge is -2.37. The molecule has 0 aromatic carbocycles. The number of carbonyl (C=O) groups excluding carboxylic acids is 1. The van der Waals surface area contributed by atoms with Crippen molar-refractivity contribution in [1.82, 2.24) is 19.8 Å². The van der Waals surface area contributed by atoms with Crippen molar-refractivity contribution in [2.75, 3.05) is 26.2 Å². The smallest absolute Gasteiger partial charge is 0.274 e. The van der Waals surface area contributed by atoms with Crippen LogP contribution >= 0.6 is 11.6 Å². The fourth-order valence-electron chi connectivity index (χ4n) is 3.17. The van der Waals surface area contributed by atoms with E-state index in [1.165, 1.54) is 38.1 Å². The molecule has 1 aliphatic heterocycles. The molecule has 0 unspecified atom stereocenters. The van der Waals surface area contributed by atoms with Gasteiger partial charge in [-0.05, 0) is 12.8 Å². The Bertz CT molecular complexity index is 482. The maximum Gasteiger partial charge on any atom is 0.274 e. The number of carbonyl (C=O) groups is 1. The lowest BCUT2D eigenvalue weighted by Crippen LogP contribution is -2.51. The van der Waals surface area contributed by atoms with Crippen molar-refractivity contribution in [3.8, 4) is 0 Å². The Morgan fingerprint density at radius 1 is 1.15 bits per heavy atom. The van der Waals surface area contributed by atoms with Crippen molar-refractivity contribution < 1.29 is 4.79 Å². The van der Waals surface area contributed by atoms with E-state index in [-0.39, 0.29) is 11.1 Å². The minimum atomic E-state index is -0.0638. The number of hydrogen-bond acceptors (Lipinski definition) is 4. The van der Waals surface area contributed by atoms with Crippen molar-refractivity contribution in [2.45, 2.75) is 31.7 Å². The van der Waals surface area contributed by atoms with Crippen molar-refractivity contribution in [2.24, 2.45) is 0 Å². The van der Waals surface area contributed by atoms with E-state index in [4.69, 9.17) is 11.6 Å². The van der Waals surface area contributed by atoms with Gasteiger partial charge >= 0.3 is 0 Å². The largest absolute Gasteiger partial charge is 0.335 e. The van der Waals surface area contributed by atoms with Crippen LogP contribution < -0.4 is 0 Å². The van der Waals surface area contributed by atoms with Gasteiger partial charge < -0.3 is 4.90 Å². The molecule has 1 aromatic heterocycles. The first-order chi connectivity index (χ1) is 9.74. The quantitative estimate of drug-likeness (QED) is 0.835. The van der Waals surface area contributed by atoms with Crippen LogP contribution in [-0.2, 0) is 0 Å². The summed E-state index contributed by atoms with van der Waals surface area (Å²) in [5, 5.41) is 0.264. The topological polar surface area (TPSA) is 49.3 Å². The summed E-state index contributed by atoms with van der Waals surface area (Å²) in [4.78, 5) is 24.7. The Hall–Kier alpha value is -1.20. The summed E-state index contributed by atoms with van der Waals surface area (Å²) >= 11 is 5.78. The van der Waals surface area contributed by atoms with Crippen molar-refractivity contribution in [3.63, 3.8) is 0 Å². The van der Waals surface area contributed by atoms with Crippen LogP contribution in [0.2, 0.25) is 5.15 Å². The zero-order valence-corrected chi connectivity index (χ0v) is 12.2. The van der Waals surface area contributed by atoms with Crippen LogP contribution in [0.15, 0.2) is 12.4 Å². The summed E-state index contributed by atoms with van der Waals surface area (Å²) in [7, 11) is 0. The number of rotatable bonds is 2. The third-order valence-corrected chi connectivity index (χ3v) is 4.45. The van der Waals surface area contributed by atoms with Gasteiger partial charge in [0.1, 0.15) is 10.8 Å². The minimum Gasteiger partial charge on any atom is -0.335 e. The average molecular weight is 295 g/mol. The average Bonchev–Trinajstić information content (AvgIpc) is 3.01. The molecule has 2 fully saturated rings. The van der Waals surface area contributed by atoms with Crippen LogP contribution in [0.3, 0.4) is 0 Å². The summed E-state index contributed by atoms with van der Waals surface area (Å²) < 4.78 is 0. The lowest BCUT2D eigenvalue weighted by molar-refractivity contribution is 0.0567. The molecule has 0 N–H and O–H groups in total. The van der Waals surface area contributed by atoms with Gasteiger partial charge in [-0.25, -0.2) is 4.98 Å². The molecule has 1 aromatic rings. The molecule has 0 bridgehead atoms. The van der Waals surface area contributed by atoms with Crippen molar-refractivity contribution in [3.05, 3.63) is 23.2 Å². The summed E-state index contributed by atoms with van der Waals surface area (Å²) in [6, 6.07) is 0.734. The summed E-state index contributed by atoms with van der Waals surface area (Å²) in [6.45, 7) is 3.46. The number of aromatic nitrogens is 2. The highest BCUT2D eigenvalue weighted by atomic mass is 35.5. The molecule has 108 valence electrons. The Kier molecular flexibility index (Phi) is 4.17. The second-order valence-corrected chi connectivity index (χ2v) is 5.88. The molecule has 0 atom stereocenters. The highest BCUT2D eigenvalue weighted by Gasteiger charge is 2.28. The first-order valence-electron chi connectivity index (χ1n) is 7.25. The number of amides is 1. The Morgan fingerprint density at radius 3 is 2.50 bits per heavy atom. The van der Waals surface area contributed by atoms with Gasteiger partial charge in [0.2, 0.25) is 0 Å². The number of hydrogen-bond donors (Lipinski definition) is 0. The molecule has 1 saturated carbocycles. The van der Waals surface area contributed by atoms with E-state index in [1.807, 2.05) is 4.90 Å². The molecule has 2 aliphatic rings. The molecule has 1 amide bonds. The molecule has 20 heavy (non-hydrogen) atoms. The molecule has 6 heteroatoms. The standard InChI is InChI=1S/C14H19ClN4O/c15-13-10-16-9-12(17-13)14(20)19-7-5-18(6-8-19)11-3-1-2-4-11/h9-11H,1-8H2. The van der Waals surface area contributed by atoms with Gasteiger partial charge in [0.15, 0.2) is 0 Å². The van der Waals surface area contributed by atoms with Crippen LogP contribution in [0.4, 0.5) is 0 Å². The van der Waals surface area contributed by atoms with Gasteiger partial charge in [-0.15, -0.1) is 0 Å². The van der Waals surface area contributed by atoms with E-state index >= 15 is 0 Å². The fourth-order valence-corrected chi connectivity index (χ4v) is 3.31. The van der Waals surface area contributed by atoms with E-state index in [9.17, 15) is 4.79 Å². The van der Waals surface area contributed by atoms with Gasteiger partial charge in [0.05, 0.1) is 12.4 Å². The molecule has 1 saturated heterocycles. The molecule has 3 rings (SSSR count). The Morgan fingerprint density at radius 2 is 1.85 bits per heavy atom. The van der Waals surface area contributed by atoms with Crippen LogP contribution in [0, 0.1) is 0 Å². The minimum absolute atomic E-state index is 0.0638. The van der Waals surface area contributed by atoms with Crippen LogP contribution in [-0.4, -0.2) is 57.9 Å². The third kappa shape index (κ3) is 2.94. The first kappa shape index (κ1) is 13.8. The van der Waals surface area contributed by atoms with E-state index in [0.29, 0.717) is 5.69 Å². The highest BCUT2D eigenvalue weighted by molar-refractivity contribution is 6.29. The van der Waals surface area contributed by atoms with Crippen LogP contribution in [0.5, 0.6) is 0 Å². The van der Waals surface area contributed by atoms with E-state index in [1.54, 1.807) is 0 Å². The summed E-state index contributed by atoms with van der Waals surface area (Å²) in [5.74, 6) is -0.0638. The third-order valence-electron chi connectivity index (χ3n) is 4.27. The van der Waals surface area contributed by atoms with Gasteiger partial charge in [0, 0.05) is 32.2 Å². The predicted octanol–water partition coefficient (Wildman–Crippen LogP) is 1.83.